The van der Waals surface area contributed by atoms with Crippen LogP contribution in [-0.2, 0) is 17.8 Å². The molecular formula is C18H20N2O4. The van der Waals surface area contributed by atoms with Crippen LogP contribution in [0.2, 0.25) is 0 Å². The molecule has 0 bridgehead atoms. The Bertz CT molecular complexity index is 682. The molecule has 1 fully saturated rings. The number of carboxylic acids is 1. The highest BCUT2D eigenvalue weighted by Gasteiger charge is 2.13. The van der Waals surface area contributed by atoms with Crippen LogP contribution in [-0.4, -0.2) is 41.9 Å². The molecule has 126 valence electrons. The number of hydrogen-bond acceptors (Lipinski definition) is 5. The summed E-state index contributed by atoms with van der Waals surface area (Å²) in [6.07, 6.45) is 1.11. The summed E-state index contributed by atoms with van der Waals surface area (Å²) < 4.78 is 11.3. The Hall–Kier alpha value is -2.44. The molecule has 0 saturated carbocycles. The molecule has 2 N–H and O–H groups in total. The molecule has 0 amide bonds. The largest absolute Gasteiger partial charge is 0.477 e. The van der Waals surface area contributed by atoms with Crippen LogP contribution in [0, 0.1) is 0 Å². The molecule has 24 heavy (non-hydrogen) atoms. The van der Waals surface area contributed by atoms with E-state index < -0.39 is 5.97 Å². The van der Waals surface area contributed by atoms with Crippen LogP contribution in [0.15, 0.2) is 42.5 Å². The topological polar surface area (TPSA) is 80.7 Å². The van der Waals surface area contributed by atoms with E-state index in [1.807, 2.05) is 12.1 Å². The predicted octanol–water partition coefficient (Wildman–Crippen LogP) is 1.89. The minimum absolute atomic E-state index is 0.0241. The minimum Gasteiger partial charge on any atom is -0.477 e. The summed E-state index contributed by atoms with van der Waals surface area (Å²) in [4.78, 5) is 14.8. The molecule has 2 aromatic rings. The van der Waals surface area contributed by atoms with Crippen molar-refractivity contribution >= 4 is 5.97 Å². The molecule has 0 radical (unpaired) electrons. The van der Waals surface area contributed by atoms with Gasteiger partial charge in [-0.15, -0.1) is 0 Å². The number of aromatic carboxylic acids is 1. The first kappa shape index (κ1) is 16.4. The Morgan fingerprint density at radius 2 is 2.04 bits per heavy atom. The van der Waals surface area contributed by atoms with Crippen molar-refractivity contribution in [2.24, 2.45) is 0 Å². The normalized spacial score (nSPS) is 17.4. The smallest absolute Gasteiger partial charge is 0.354 e. The predicted molar refractivity (Wildman–Crippen MR) is 88.3 cm³/mol. The molecule has 1 aliphatic heterocycles. The number of pyridine rings is 1. The zero-order chi connectivity index (χ0) is 16.8. The number of rotatable bonds is 6. The van der Waals surface area contributed by atoms with Crippen LogP contribution in [0.3, 0.4) is 0 Å². The van der Waals surface area contributed by atoms with E-state index in [0.29, 0.717) is 12.5 Å². The Balaban J connectivity index is 1.54. The zero-order valence-corrected chi connectivity index (χ0v) is 13.3. The number of morpholine rings is 1. The van der Waals surface area contributed by atoms with Gasteiger partial charge in [-0.3, -0.25) is 0 Å². The maximum atomic E-state index is 10.9. The lowest BCUT2D eigenvalue weighted by Gasteiger charge is -2.23. The van der Waals surface area contributed by atoms with Crippen molar-refractivity contribution in [2.75, 3.05) is 19.7 Å². The Kier molecular flexibility index (Phi) is 5.40. The third-order valence-corrected chi connectivity index (χ3v) is 3.82. The van der Waals surface area contributed by atoms with E-state index in [9.17, 15) is 4.79 Å². The molecule has 2 heterocycles. The highest BCUT2D eigenvalue weighted by atomic mass is 16.5. The second-order valence-electron chi connectivity index (χ2n) is 5.67. The van der Waals surface area contributed by atoms with Gasteiger partial charge >= 0.3 is 5.97 Å². The van der Waals surface area contributed by atoms with Crippen LogP contribution in [0.1, 0.15) is 21.6 Å². The van der Waals surface area contributed by atoms with Crippen molar-refractivity contribution in [2.45, 2.75) is 19.1 Å². The van der Waals surface area contributed by atoms with E-state index in [4.69, 9.17) is 14.6 Å². The van der Waals surface area contributed by atoms with Gasteiger partial charge in [-0.25, -0.2) is 9.78 Å². The van der Waals surface area contributed by atoms with Gasteiger partial charge in [0.05, 0.1) is 12.7 Å². The summed E-state index contributed by atoms with van der Waals surface area (Å²) in [5.41, 5.74) is 2.20. The van der Waals surface area contributed by atoms with Gasteiger partial charge in [-0.05, 0) is 23.6 Å². The molecular weight excluding hydrogens is 308 g/mol. The van der Waals surface area contributed by atoms with Gasteiger partial charge in [0.1, 0.15) is 6.61 Å². The maximum absolute atomic E-state index is 10.9. The SMILES string of the molecule is O=C(O)c1cccc(OCc2ccc(CC3CNCCO3)cc2)n1. The van der Waals surface area contributed by atoms with Crippen molar-refractivity contribution in [1.82, 2.24) is 10.3 Å². The van der Waals surface area contributed by atoms with Crippen molar-refractivity contribution in [3.05, 3.63) is 59.3 Å². The van der Waals surface area contributed by atoms with Gasteiger partial charge in [-0.1, -0.05) is 30.3 Å². The summed E-state index contributed by atoms with van der Waals surface area (Å²) in [5.74, 6) is -0.759. The van der Waals surface area contributed by atoms with Gasteiger partial charge in [0.2, 0.25) is 5.88 Å². The first-order valence-electron chi connectivity index (χ1n) is 7.94. The van der Waals surface area contributed by atoms with Crippen LogP contribution in [0.4, 0.5) is 0 Å². The Labute approximate surface area is 140 Å². The first-order chi connectivity index (χ1) is 11.7. The van der Waals surface area contributed by atoms with Crippen molar-refractivity contribution in [3.8, 4) is 5.88 Å². The van der Waals surface area contributed by atoms with Crippen molar-refractivity contribution in [3.63, 3.8) is 0 Å². The summed E-state index contributed by atoms with van der Waals surface area (Å²) in [5, 5.41) is 12.3. The molecule has 0 spiro atoms. The fourth-order valence-electron chi connectivity index (χ4n) is 2.56. The molecule has 1 atom stereocenters. The van der Waals surface area contributed by atoms with Crippen LogP contribution in [0.25, 0.3) is 0 Å². The average Bonchev–Trinajstić information content (AvgIpc) is 2.62. The summed E-state index contributed by atoms with van der Waals surface area (Å²) >= 11 is 0. The second kappa shape index (κ2) is 7.90. The number of aromatic nitrogens is 1. The molecule has 1 unspecified atom stereocenters. The highest BCUT2D eigenvalue weighted by Crippen LogP contribution is 2.13. The third kappa shape index (κ3) is 4.53. The number of carbonyl (C=O) groups is 1. The fraction of sp³-hybridized carbons (Fsp3) is 0.333. The Morgan fingerprint density at radius 3 is 2.75 bits per heavy atom. The minimum atomic E-state index is -1.07. The summed E-state index contributed by atoms with van der Waals surface area (Å²) in [7, 11) is 0. The van der Waals surface area contributed by atoms with E-state index in [0.717, 1.165) is 31.7 Å². The standard InChI is InChI=1S/C18H20N2O4/c21-18(22)16-2-1-3-17(20-16)24-12-14-6-4-13(5-7-14)10-15-11-19-8-9-23-15/h1-7,15,19H,8-12H2,(H,21,22). The second-order valence-corrected chi connectivity index (χ2v) is 5.67. The van der Waals surface area contributed by atoms with Gasteiger partial charge in [0.25, 0.3) is 0 Å². The van der Waals surface area contributed by atoms with Gasteiger partial charge in [-0.2, -0.15) is 0 Å². The molecule has 1 saturated heterocycles. The van der Waals surface area contributed by atoms with Gasteiger partial charge < -0.3 is 19.9 Å². The van der Waals surface area contributed by atoms with E-state index in [-0.39, 0.29) is 11.8 Å². The van der Waals surface area contributed by atoms with E-state index >= 15 is 0 Å². The molecule has 1 aromatic heterocycles. The van der Waals surface area contributed by atoms with Gasteiger partial charge in [0, 0.05) is 19.2 Å². The number of ether oxygens (including phenoxy) is 2. The molecule has 0 aliphatic carbocycles. The highest BCUT2D eigenvalue weighted by molar-refractivity contribution is 5.85. The maximum Gasteiger partial charge on any atom is 0.354 e. The summed E-state index contributed by atoms with van der Waals surface area (Å²) in [6.45, 7) is 2.91. The van der Waals surface area contributed by atoms with Crippen molar-refractivity contribution < 1.29 is 19.4 Å². The molecule has 6 nitrogen and oxygen atoms in total. The monoisotopic (exact) mass is 328 g/mol. The lowest BCUT2D eigenvalue weighted by molar-refractivity contribution is 0.0292. The lowest BCUT2D eigenvalue weighted by Crippen LogP contribution is -2.39. The fourth-order valence-corrected chi connectivity index (χ4v) is 2.56. The first-order valence-corrected chi connectivity index (χ1v) is 7.94. The number of nitrogens with one attached hydrogen (secondary N) is 1. The lowest BCUT2D eigenvalue weighted by atomic mass is 10.1. The van der Waals surface area contributed by atoms with Gasteiger partial charge in [0.15, 0.2) is 5.69 Å². The molecule has 6 heteroatoms. The van der Waals surface area contributed by atoms with Crippen LogP contribution >= 0.6 is 0 Å². The molecule has 3 rings (SSSR count). The quantitative estimate of drug-likeness (QED) is 0.843. The number of hydrogen-bond donors (Lipinski definition) is 2. The van der Waals surface area contributed by atoms with Crippen LogP contribution < -0.4 is 10.1 Å². The van der Waals surface area contributed by atoms with E-state index in [2.05, 4.69) is 22.4 Å². The zero-order valence-electron chi connectivity index (χ0n) is 13.3. The van der Waals surface area contributed by atoms with Crippen molar-refractivity contribution in [1.29, 1.82) is 0 Å². The molecule has 1 aromatic carbocycles. The number of carboxylic acid groups (broad SMARTS) is 1. The Morgan fingerprint density at radius 1 is 1.25 bits per heavy atom. The van der Waals surface area contributed by atoms with E-state index in [1.54, 1.807) is 12.1 Å². The number of nitrogens with zero attached hydrogens (tertiary/aromatic N) is 1. The number of benzene rings is 1. The average molecular weight is 328 g/mol. The van der Waals surface area contributed by atoms with E-state index in [1.165, 1.54) is 11.6 Å². The van der Waals surface area contributed by atoms with Crippen LogP contribution in [0.5, 0.6) is 5.88 Å². The third-order valence-electron chi connectivity index (χ3n) is 3.82. The summed E-state index contributed by atoms with van der Waals surface area (Å²) in [6, 6.07) is 12.8. The molecule has 1 aliphatic rings.